The molecule has 1 saturated heterocycles. The standard InChI is InChI=1S/C8H14N2O2/c1-7(12)4-10(5-7)6(11)8(9)2-3-8/h12H,2-5,9H2,1H3. The van der Waals surface area contributed by atoms with E-state index in [-0.39, 0.29) is 5.91 Å². The fourth-order valence-corrected chi connectivity index (χ4v) is 1.58. The van der Waals surface area contributed by atoms with Crippen molar-refractivity contribution in [1.29, 1.82) is 0 Å². The van der Waals surface area contributed by atoms with Gasteiger partial charge >= 0.3 is 0 Å². The second kappa shape index (κ2) is 2.00. The Morgan fingerprint density at radius 3 is 2.33 bits per heavy atom. The molecule has 1 heterocycles. The first-order valence-corrected chi connectivity index (χ1v) is 4.24. The maximum atomic E-state index is 11.5. The second-order valence-electron chi connectivity index (χ2n) is 4.31. The quantitative estimate of drug-likeness (QED) is 0.534. The molecule has 0 atom stereocenters. The molecular weight excluding hydrogens is 156 g/mol. The van der Waals surface area contributed by atoms with Crippen LogP contribution >= 0.6 is 0 Å². The summed E-state index contributed by atoms with van der Waals surface area (Å²) < 4.78 is 0. The number of nitrogens with zero attached hydrogens (tertiary/aromatic N) is 1. The van der Waals surface area contributed by atoms with Crippen LogP contribution in [0.1, 0.15) is 19.8 Å². The molecule has 2 fully saturated rings. The van der Waals surface area contributed by atoms with Gasteiger partial charge in [0.2, 0.25) is 5.91 Å². The third-order valence-electron chi connectivity index (χ3n) is 2.56. The highest BCUT2D eigenvalue weighted by Gasteiger charge is 2.52. The van der Waals surface area contributed by atoms with E-state index >= 15 is 0 Å². The largest absolute Gasteiger partial charge is 0.386 e. The minimum Gasteiger partial charge on any atom is -0.386 e. The Labute approximate surface area is 71.3 Å². The van der Waals surface area contributed by atoms with Crippen molar-refractivity contribution in [3.63, 3.8) is 0 Å². The van der Waals surface area contributed by atoms with Gasteiger partial charge in [0.1, 0.15) is 0 Å². The van der Waals surface area contributed by atoms with Crippen LogP contribution in [-0.4, -0.2) is 40.1 Å². The number of aliphatic hydroxyl groups is 1. The number of rotatable bonds is 1. The summed E-state index contributed by atoms with van der Waals surface area (Å²) in [5, 5.41) is 9.38. The zero-order valence-corrected chi connectivity index (χ0v) is 7.21. The number of carbonyl (C=O) groups excluding carboxylic acids is 1. The zero-order chi connectivity index (χ0) is 8.98. The maximum Gasteiger partial charge on any atom is 0.242 e. The van der Waals surface area contributed by atoms with Gasteiger partial charge in [-0.3, -0.25) is 4.79 Å². The van der Waals surface area contributed by atoms with Crippen LogP contribution in [0.25, 0.3) is 0 Å². The number of amides is 1. The molecule has 4 heteroatoms. The van der Waals surface area contributed by atoms with E-state index in [9.17, 15) is 9.90 Å². The molecule has 2 rings (SSSR count). The van der Waals surface area contributed by atoms with E-state index in [1.807, 2.05) is 0 Å². The SMILES string of the molecule is CC1(O)CN(C(=O)C2(N)CC2)C1. The molecule has 1 aliphatic heterocycles. The predicted octanol–water partition coefficient (Wildman–Crippen LogP) is -0.929. The van der Waals surface area contributed by atoms with Crippen molar-refractivity contribution in [3.05, 3.63) is 0 Å². The van der Waals surface area contributed by atoms with Gasteiger partial charge in [0.25, 0.3) is 0 Å². The average Bonchev–Trinajstić information content (AvgIpc) is 2.62. The molecule has 2 aliphatic rings. The van der Waals surface area contributed by atoms with Crippen molar-refractivity contribution in [2.75, 3.05) is 13.1 Å². The van der Waals surface area contributed by atoms with Crippen LogP contribution in [0.2, 0.25) is 0 Å². The average molecular weight is 170 g/mol. The molecule has 0 bridgehead atoms. The van der Waals surface area contributed by atoms with Gasteiger partial charge in [0.05, 0.1) is 24.2 Å². The summed E-state index contributed by atoms with van der Waals surface area (Å²) in [5.41, 5.74) is 4.46. The Kier molecular flexibility index (Phi) is 1.34. The van der Waals surface area contributed by atoms with Gasteiger partial charge in [-0.2, -0.15) is 0 Å². The van der Waals surface area contributed by atoms with E-state index < -0.39 is 11.1 Å². The highest BCUT2D eigenvalue weighted by atomic mass is 16.3. The van der Waals surface area contributed by atoms with Crippen molar-refractivity contribution in [3.8, 4) is 0 Å². The third kappa shape index (κ3) is 1.11. The Morgan fingerprint density at radius 1 is 1.50 bits per heavy atom. The lowest BCUT2D eigenvalue weighted by Crippen LogP contribution is -2.65. The molecule has 0 unspecified atom stereocenters. The summed E-state index contributed by atoms with van der Waals surface area (Å²) in [6.07, 6.45) is 1.59. The number of likely N-dealkylation sites (tertiary alicyclic amines) is 1. The first-order chi connectivity index (χ1) is 5.43. The van der Waals surface area contributed by atoms with Crippen LogP contribution in [0.3, 0.4) is 0 Å². The lowest BCUT2D eigenvalue weighted by atomic mass is 9.96. The molecule has 1 saturated carbocycles. The summed E-state index contributed by atoms with van der Waals surface area (Å²) in [7, 11) is 0. The molecule has 4 nitrogen and oxygen atoms in total. The number of β-amino-alcohol motifs (C(OH)–C–C–N with tert-alkyl or cyclic N) is 1. The van der Waals surface area contributed by atoms with E-state index in [0.29, 0.717) is 13.1 Å². The normalized spacial score (nSPS) is 29.4. The van der Waals surface area contributed by atoms with Gasteiger partial charge in [0.15, 0.2) is 0 Å². The van der Waals surface area contributed by atoms with Crippen LogP contribution in [0.15, 0.2) is 0 Å². The molecule has 0 radical (unpaired) electrons. The fourth-order valence-electron chi connectivity index (χ4n) is 1.58. The summed E-state index contributed by atoms with van der Waals surface area (Å²) in [6.45, 7) is 2.60. The zero-order valence-electron chi connectivity index (χ0n) is 7.21. The minimum atomic E-state index is -0.680. The minimum absolute atomic E-state index is 0.00836. The molecule has 0 aromatic carbocycles. The predicted molar refractivity (Wildman–Crippen MR) is 43.4 cm³/mol. The smallest absolute Gasteiger partial charge is 0.242 e. The molecule has 0 aromatic heterocycles. The van der Waals surface area contributed by atoms with E-state index in [4.69, 9.17) is 5.73 Å². The summed E-state index contributed by atoms with van der Waals surface area (Å²) in [6, 6.07) is 0. The van der Waals surface area contributed by atoms with E-state index in [0.717, 1.165) is 12.8 Å². The Morgan fingerprint density at radius 2 is 2.00 bits per heavy atom. The lowest BCUT2D eigenvalue weighted by molar-refractivity contribution is -0.154. The first-order valence-electron chi connectivity index (χ1n) is 4.24. The molecule has 12 heavy (non-hydrogen) atoms. The van der Waals surface area contributed by atoms with Gasteiger partial charge in [-0.25, -0.2) is 0 Å². The third-order valence-corrected chi connectivity index (χ3v) is 2.56. The lowest BCUT2D eigenvalue weighted by Gasteiger charge is -2.45. The summed E-state index contributed by atoms with van der Waals surface area (Å²) >= 11 is 0. The second-order valence-corrected chi connectivity index (χ2v) is 4.31. The van der Waals surface area contributed by atoms with Crippen LogP contribution in [0.4, 0.5) is 0 Å². The van der Waals surface area contributed by atoms with Crippen molar-refractivity contribution < 1.29 is 9.90 Å². The van der Waals surface area contributed by atoms with Gasteiger partial charge in [0, 0.05) is 0 Å². The van der Waals surface area contributed by atoms with Gasteiger partial charge in [-0.05, 0) is 19.8 Å². The van der Waals surface area contributed by atoms with E-state index in [2.05, 4.69) is 0 Å². The number of nitrogens with two attached hydrogens (primary N) is 1. The summed E-state index contributed by atoms with van der Waals surface area (Å²) in [4.78, 5) is 13.1. The molecule has 3 N–H and O–H groups in total. The molecule has 0 aromatic rings. The van der Waals surface area contributed by atoms with Gasteiger partial charge < -0.3 is 15.7 Å². The number of carbonyl (C=O) groups is 1. The summed E-state index contributed by atoms with van der Waals surface area (Å²) in [5.74, 6) is 0.00836. The van der Waals surface area contributed by atoms with Crippen molar-refractivity contribution in [2.24, 2.45) is 5.73 Å². The maximum absolute atomic E-state index is 11.5. The first kappa shape index (κ1) is 8.01. The van der Waals surface area contributed by atoms with Crippen molar-refractivity contribution in [2.45, 2.75) is 30.9 Å². The molecule has 0 spiro atoms. The molecule has 1 amide bonds. The van der Waals surface area contributed by atoms with Crippen molar-refractivity contribution >= 4 is 5.91 Å². The van der Waals surface area contributed by atoms with E-state index in [1.165, 1.54) is 0 Å². The fraction of sp³-hybridized carbons (Fsp3) is 0.875. The highest BCUT2D eigenvalue weighted by Crippen LogP contribution is 2.36. The number of hydrogen-bond acceptors (Lipinski definition) is 3. The molecule has 68 valence electrons. The Bertz CT molecular complexity index is 225. The van der Waals surface area contributed by atoms with Gasteiger partial charge in [-0.15, -0.1) is 0 Å². The van der Waals surface area contributed by atoms with E-state index in [1.54, 1.807) is 11.8 Å². The highest BCUT2D eigenvalue weighted by molar-refractivity contribution is 5.89. The van der Waals surface area contributed by atoms with Crippen molar-refractivity contribution in [1.82, 2.24) is 4.90 Å². The van der Waals surface area contributed by atoms with Crippen LogP contribution < -0.4 is 5.73 Å². The molecular formula is C8H14N2O2. The monoisotopic (exact) mass is 170 g/mol. The Hall–Kier alpha value is -0.610. The van der Waals surface area contributed by atoms with Crippen LogP contribution in [0, 0.1) is 0 Å². The van der Waals surface area contributed by atoms with Crippen LogP contribution in [0.5, 0.6) is 0 Å². The Balaban J connectivity index is 1.92. The number of hydrogen-bond donors (Lipinski definition) is 2. The molecule has 1 aliphatic carbocycles. The topological polar surface area (TPSA) is 66.6 Å². The van der Waals surface area contributed by atoms with Crippen LogP contribution in [-0.2, 0) is 4.79 Å². The van der Waals surface area contributed by atoms with Gasteiger partial charge in [-0.1, -0.05) is 0 Å².